The molecule has 0 amide bonds. The first-order valence-electron chi connectivity index (χ1n) is 7.57. The fourth-order valence-corrected chi connectivity index (χ4v) is 3.33. The fraction of sp³-hybridized carbons (Fsp3) is 0.150. The Hall–Kier alpha value is -3.01. The second kappa shape index (κ2) is 6.24. The number of rotatable bonds is 4. The molecule has 4 nitrogen and oxygen atoms in total. The van der Waals surface area contributed by atoms with Gasteiger partial charge in [-0.25, -0.2) is 0 Å². The van der Waals surface area contributed by atoms with Crippen LogP contribution in [0.15, 0.2) is 60.7 Å². The van der Waals surface area contributed by atoms with Crippen molar-refractivity contribution in [2.24, 2.45) is 5.41 Å². The zero-order chi connectivity index (χ0) is 17.2. The molecule has 1 unspecified atom stereocenters. The lowest BCUT2D eigenvalue weighted by Crippen LogP contribution is -2.39. The number of aldehydes is 1. The number of Topliss-reactive ketones (excluding diaryl/α,β-unsaturated/α-hetero) is 1. The molecule has 0 heterocycles. The van der Waals surface area contributed by atoms with E-state index >= 15 is 0 Å². The first kappa shape index (κ1) is 15.9. The Labute approximate surface area is 139 Å². The zero-order valence-corrected chi connectivity index (χ0v) is 13.2. The number of ketones is 1. The molecule has 1 aliphatic carbocycles. The lowest BCUT2D eigenvalue weighted by atomic mass is 9.73. The minimum atomic E-state index is -1.53. The summed E-state index contributed by atoms with van der Waals surface area (Å²) < 4.78 is 4.97. The largest absolute Gasteiger partial charge is 0.468 e. The maximum absolute atomic E-state index is 13.2. The second-order valence-electron chi connectivity index (χ2n) is 5.64. The molecule has 0 spiro atoms. The molecule has 24 heavy (non-hydrogen) atoms. The number of hydrogen-bond donors (Lipinski definition) is 0. The summed E-state index contributed by atoms with van der Waals surface area (Å²) in [5, 5.41) is 0. The third-order valence-electron chi connectivity index (χ3n) is 4.42. The first-order chi connectivity index (χ1) is 11.6. The number of carbonyl (C=O) groups is 3. The Balaban J connectivity index is 2.25. The zero-order valence-electron chi connectivity index (χ0n) is 13.2. The molecule has 0 N–H and O–H groups in total. The van der Waals surface area contributed by atoms with Crippen molar-refractivity contribution in [3.8, 4) is 0 Å². The van der Waals surface area contributed by atoms with Gasteiger partial charge in [0.2, 0.25) is 0 Å². The maximum atomic E-state index is 13.2. The lowest BCUT2D eigenvalue weighted by molar-refractivity contribution is -0.146. The first-order valence-corrected chi connectivity index (χ1v) is 7.57. The smallest absolute Gasteiger partial charge is 0.324 e. The Morgan fingerprint density at radius 3 is 2.38 bits per heavy atom. The Morgan fingerprint density at radius 1 is 1.08 bits per heavy atom. The van der Waals surface area contributed by atoms with Crippen LogP contribution in [0.3, 0.4) is 0 Å². The summed E-state index contributed by atoms with van der Waals surface area (Å²) in [5.74, 6) is -0.984. The predicted octanol–water partition coefficient (Wildman–Crippen LogP) is 2.87. The van der Waals surface area contributed by atoms with Crippen molar-refractivity contribution in [2.45, 2.75) is 6.42 Å². The van der Waals surface area contributed by atoms with E-state index in [-0.39, 0.29) is 12.2 Å². The van der Waals surface area contributed by atoms with Gasteiger partial charge in [0.05, 0.1) is 7.11 Å². The lowest BCUT2D eigenvalue weighted by Gasteiger charge is -2.27. The topological polar surface area (TPSA) is 60.4 Å². The second-order valence-corrected chi connectivity index (χ2v) is 5.64. The normalized spacial score (nSPS) is 19.7. The van der Waals surface area contributed by atoms with Gasteiger partial charge in [0.25, 0.3) is 0 Å². The summed E-state index contributed by atoms with van der Waals surface area (Å²) in [6.07, 6.45) is 2.07. The highest BCUT2D eigenvalue weighted by molar-refractivity contribution is 6.24. The molecule has 3 rings (SSSR count). The molecule has 0 radical (unpaired) electrons. The van der Waals surface area contributed by atoms with Gasteiger partial charge >= 0.3 is 5.97 Å². The quantitative estimate of drug-likeness (QED) is 0.376. The van der Waals surface area contributed by atoms with Crippen molar-refractivity contribution in [2.75, 3.05) is 7.11 Å². The molecule has 2 aromatic rings. The van der Waals surface area contributed by atoms with Crippen molar-refractivity contribution < 1.29 is 19.1 Å². The highest BCUT2D eigenvalue weighted by Crippen LogP contribution is 2.47. The van der Waals surface area contributed by atoms with E-state index in [1.807, 2.05) is 18.2 Å². The molecule has 4 heteroatoms. The highest BCUT2D eigenvalue weighted by atomic mass is 16.5. The van der Waals surface area contributed by atoms with Crippen molar-refractivity contribution in [1.82, 2.24) is 0 Å². The van der Waals surface area contributed by atoms with E-state index in [0.29, 0.717) is 23.0 Å². The number of esters is 1. The number of methoxy groups -OCH3 is 1. The van der Waals surface area contributed by atoms with E-state index in [1.54, 1.807) is 36.4 Å². The van der Waals surface area contributed by atoms with Crippen LogP contribution >= 0.6 is 0 Å². The van der Waals surface area contributed by atoms with Crippen molar-refractivity contribution in [3.63, 3.8) is 0 Å². The predicted molar refractivity (Wildman–Crippen MR) is 89.4 cm³/mol. The molecule has 0 bridgehead atoms. The minimum Gasteiger partial charge on any atom is -0.468 e. The van der Waals surface area contributed by atoms with Crippen LogP contribution in [-0.4, -0.2) is 25.1 Å². The molecule has 1 aliphatic rings. The van der Waals surface area contributed by atoms with Crippen molar-refractivity contribution in [3.05, 3.63) is 77.4 Å². The number of benzene rings is 2. The van der Waals surface area contributed by atoms with Gasteiger partial charge in [-0.1, -0.05) is 54.6 Å². The van der Waals surface area contributed by atoms with Crippen LogP contribution in [0.2, 0.25) is 0 Å². The number of ether oxygens (including phenoxy) is 1. The number of hydrogen-bond acceptors (Lipinski definition) is 4. The number of carbonyl (C=O) groups excluding carboxylic acids is 3. The van der Waals surface area contributed by atoms with E-state index in [9.17, 15) is 14.4 Å². The van der Waals surface area contributed by atoms with Gasteiger partial charge in [0.1, 0.15) is 6.29 Å². The summed E-state index contributed by atoms with van der Waals surface area (Å²) >= 11 is 0. The summed E-state index contributed by atoms with van der Waals surface area (Å²) in [4.78, 5) is 37.1. The molecule has 0 fully saturated rings. The third kappa shape index (κ3) is 2.27. The monoisotopic (exact) mass is 320 g/mol. The standard InChI is InChI=1S/C20H16O4/c1-24-19(23)20(13-15-9-5-6-10-16(15)18(20)22)17(11-12-21)14-7-3-2-4-8-14/h2-12H,13H2,1H3/b17-11-. The van der Waals surface area contributed by atoms with Crippen LogP contribution in [0, 0.1) is 5.41 Å². The molecule has 2 aromatic carbocycles. The van der Waals surface area contributed by atoms with Crippen LogP contribution in [0.1, 0.15) is 21.5 Å². The molecule has 0 saturated carbocycles. The Kier molecular flexibility index (Phi) is 4.13. The SMILES string of the molecule is COC(=O)C1(/C(=C\C=O)c2ccccc2)Cc2ccccc2C1=O. The summed E-state index contributed by atoms with van der Waals surface area (Å²) in [5.41, 5.74) is 0.763. The van der Waals surface area contributed by atoms with Crippen LogP contribution in [0.4, 0.5) is 0 Å². The van der Waals surface area contributed by atoms with E-state index in [2.05, 4.69) is 0 Å². The molecule has 0 saturated heterocycles. The Morgan fingerprint density at radius 2 is 1.75 bits per heavy atom. The van der Waals surface area contributed by atoms with Gasteiger partial charge in [-0.15, -0.1) is 0 Å². The average Bonchev–Trinajstić information content (AvgIpc) is 2.93. The van der Waals surface area contributed by atoms with Crippen LogP contribution in [-0.2, 0) is 20.7 Å². The average molecular weight is 320 g/mol. The summed E-state index contributed by atoms with van der Waals surface area (Å²) in [6, 6.07) is 16.1. The molecular weight excluding hydrogens is 304 g/mol. The molecular formula is C20H16O4. The minimum absolute atomic E-state index is 0.184. The van der Waals surface area contributed by atoms with Crippen LogP contribution < -0.4 is 0 Å². The van der Waals surface area contributed by atoms with E-state index in [1.165, 1.54) is 13.2 Å². The number of fused-ring (bicyclic) bond motifs is 1. The van der Waals surface area contributed by atoms with E-state index in [4.69, 9.17) is 4.74 Å². The third-order valence-corrected chi connectivity index (χ3v) is 4.42. The maximum Gasteiger partial charge on any atom is 0.324 e. The van der Waals surface area contributed by atoms with Gasteiger partial charge in [0, 0.05) is 12.0 Å². The van der Waals surface area contributed by atoms with E-state index < -0.39 is 11.4 Å². The Bertz CT molecular complexity index is 836. The van der Waals surface area contributed by atoms with Crippen LogP contribution in [0.25, 0.3) is 5.57 Å². The molecule has 0 aliphatic heterocycles. The highest BCUT2D eigenvalue weighted by Gasteiger charge is 2.55. The van der Waals surface area contributed by atoms with Gasteiger partial charge in [0.15, 0.2) is 11.2 Å². The molecule has 120 valence electrons. The van der Waals surface area contributed by atoms with Crippen LogP contribution in [0.5, 0.6) is 0 Å². The van der Waals surface area contributed by atoms with Gasteiger partial charge in [-0.2, -0.15) is 0 Å². The number of allylic oxidation sites excluding steroid dienone is 1. The molecule has 0 aromatic heterocycles. The van der Waals surface area contributed by atoms with Gasteiger partial charge in [-0.05, 0) is 22.8 Å². The van der Waals surface area contributed by atoms with Gasteiger partial charge in [-0.3, -0.25) is 14.4 Å². The molecule has 1 atom stereocenters. The fourth-order valence-electron chi connectivity index (χ4n) is 3.33. The van der Waals surface area contributed by atoms with Crippen molar-refractivity contribution >= 4 is 23.6 Å². The summed E-state index contributed by atoms with van der Waals surface area (Å²) in [6.45, 7) is 0. The summed E-state index contributed by atoms with van der Waals surface area (Å²) in [7, 11) is 1.25. The van der Waals surface area contributed by atoms with E-state index in [0.717, 1.165) is 5.56 Å². The van der Waals surface area contributed by atoms with Crippen molar-refractivity contribution in [1.29, 1.82) is 0 Å². The van der Waals surface area contributed by atoms with Gasteiger partial charge < -0.3 is 4.74 Å².